The summed E-state index contributed by atoms with van der Waals surface area (Å²) in [6.45, 7) is 1.18. The molecule has 0 N–H and O–H groups in total. The second-order valence-corrected chi connectivity index (χ2v) is 7.80. The summed E-state index contributed by atoms with van der Waals surface area (Å²) in [6.07, 6.45) is -3.64. The van der Waals surface area contributed by atoms with Gasteiger partial charge in [-0.2, -0.15) is 0 Å². The molecule has 0 spiro atoms. The predicted octanol–water partition coefficient (Wildman–Crippen LogP) is 2.30. The molecule has 1 saturated heterocycles. The lowest BCUT2D eigenvalue weighted by Crippen LogP contribution is -2.66. The Hall–Kier alpha value is -3.27. The van der Waals surface area contributed by atoms with Crippen molar-refractivity contribution in [1.29, 1.82) is 0 Å². The third-order valence-corrected chi connectivity index (χ3v) is 5.70. The molecule has 1 aliphatic heterocycles. The van der Waals surface area contributed by atoms with Crippen LogP contribution in [0.25, 0.3) is 0 Å². The van der Waals surface area contributed by atoms with Crippen LogP contribution in [-0.4, -0.2) is 81.3 Å². The number of nitrogens with zero attached hydrogens (tertiary/aromatic N) is 1. The summed E-state index contributed by atoms with van der Waals surface area (Å²) in [5, 5.41) is 0. The summed E-state index contributed by atoms with van der Waals surface area (Å²) in [5.74, 6) is -1.40. The first-order chi connectivity index (χ1) is 16.4. The van der Waals surface area contributed by atoms with E-state index in [0.717, 1.165) is 0 Å². The van der Waals surface area contributed by atoms with Crippen molar-refractivity contribution in [3.63, 3.8) is 0 Å². The molecule has 9 heteroatoms. The zero-order chi connectivity index (χ0) is 24.7. The van der Waals surface area contributed by atoms with E-state index in [1.165, 1.54) is 26.0 Å². The molecule has 0 bridgehead atoms. The maximum Gasteiger partial charge on any atom is 0.338 e. The minimum atomic E-state index is -1.00. The number of hydrogen-bond acceptors (Lipinski definition) is 8. The van der Waals surface area contributed by atoms with Crippen LogP contribution in [0.15, 0.2) is 60.7 Å². The molecular formula is C25H29NO8. The monoisotopic (exact) mass is 471 g/mol. The van der Waals surface area contributed by atoms with Crippen molar-refractivity contribution in [3.8, 4) is 0 Å². The second-order valence-electron chi connectivity index (χ2n) is 7.80. The van der Waals surface area contributed by atoms with Crippen molar-refractivity contribution < 1.29 is 38.1 Å². The van der Waals surface area contributed by atoms with E-state index in [1.54, 1.807) is 67.7 Å². The Kier molecular flexibility index (Phi) is 8.75. The van der Waals surface area contributed by atoms with E-state index >= 15 is 0 Å². The molecule has 1 heterocycles. The molecular weight excluding hydrogens is 442 g/mol. The SMILES string of the molecule is CO[C@@H]1O[C@H](COC(=O)c2ccccc2)[C@@H](OC(=O)c2ccccc2)[C@H](OC)[C@H]1N(C)C(C)=O. The maximum atomic E-state index is 12.9. The van der Waals surface area contributed by atoms with Gasteiger partial charge in [0.15, 0.2) is 12.4 Å². The summed E-state index contributed by atoms with van der Waals surface area (Å²) in [5.41, 5.74) is 0.708. The molecule has 1 fully saturated rings. The lowest BCUT2D eigenvalue weighted by atomic mass is 9.95. The third kappa shape index (κ3) is 5.80. The highest BCUT2D eigenvalue weighted by Gasteiger charge is 2.51. The zero-order valence-corrected chi connectivity index (χ0v) is 19.6. The van der Waals surface area contributed by atoms with E-state index in [1.807, 2.05) is 0 Å². The topological polar surface area (TPSA) is 101 Å². The number of benzene rings is 2. The number of rotatable bonds is 8. The van der Waals surface area contributed by atoms with Gasteiger partial charge in [0.2, 0.25) is 5.91 Å². The lowest BCUT2D eigenvalue weighted by molar-refractivity contribution is -0.279. The van der Waals surface area contributed by atoms with Gasteiger partial charge in [-0.15, -0.1) is 0 Å². The Morgan fingerprint density at radius 1 is 0.853 bits per heavy atom. The number of hydrogen-bond donors (Lipinski definition) is 0. The molecule has 9 nitrogen and oxygen atoms in total. The van der Waals surface area contributed by atoms with Gasteiger partial charge < -0.3 is 28.6 Å². The van der Waals surface area contributed by atoms with Crippen LogP contribution in [0.1, 0.15) is 27.6 Å². The van der Waals surface area contributed by atoms with Crippen LogP contribution < -0.4 is 0 Å². The first-order valence-electron chi connectivity index (χ1n) is 10.8. The van der Waals surface area contributed by atoms with Gasteiger partial charge in [0.05, 0.1) is 11.1 Å². The lowest BCUT2D eigenvalue weighted by Gasteiger charge is -2.47. The van der Waals surface area contributed by atoms with E-state index in [9.17, 15) is 14.4 Å². The van der Waals surface area contributed by atoms with Crippen LogP contribution in [-0.2, 0) is 28.5 Å². The Labute approximate surface area is 198 Å². The average molecular weight is 472 g/mol. The van der Waals surface area contributed by atoms with E-state index in [0.29, 0.717) is 11.1 Å². The largest absolute Gasteiger partial charge is 0.459 e. The summed E-state index contributed by atoms with van der Waals surface area (Å²) < 4.78 is 28.5. The number of likely N-dealkylation sites (N-methyl/N-ethyl adjacent to an activating group) is 1. The van der Waals surface area contributed by atoms with E-state index < -0.39 is 42.6 Å². The molecule has 0 saturated carbocycles. The fourth-order valence-electron chi connectivity index (χ4n) is 3.83. The summed E-state index contributed by atoms with van der Waals surface area (Å²) in [7, 11) is 4.46. The van der Waals surface area contributed by atoms with Gasteiger partial charge in [-0.1, -0.05) is 36.4 Å². The van der Waals surface area contributed by atoms with Gasteiger partial charge in [-0.25, -0.2) is 9.59 Å². The highest BCUT2D eigenvalue weighted by Crippen LogP contribution is 2.30. The minimum Gasteiger partial charge on any atom is -0.459 e. The molecule has 1 aliphatic rings. The van der Waals surface area contributed by atoms with Crippen molar-refractivity contribution in [2.45, 2.75) is 37.6 Å². The quantitative estimate of drug-likeness (QED) is 0.541. The van der Waals surface area contributed by atoms with Gasteiger partial charge in [0.1, 0.15) is 24.9 Å². The minimum absolute atomic E-state index is 0.226. The average Bonchev–Trinajstić information content (AvgIpc) is 2.87. The zero-order valence-electron chi connectivity index (χ0n) is 19.6. The van der Waals surface area contributed by atoms with Gasteiger partial charge in [0, 0.05) is 28.2 Å². The standard InChI is InChI=1S/C25H29NO8/c1-16(27)26(2)20-22(30-3)21(34-24(29)18-13-9-6-10-14-18)19(33-25(20)31-4)15-32-23(28)17-11-7-5-8-12-17/h5-14,19-22,25H,15H2,1-4H3/t19-,20-,21-,22-,25-/m1/s1. The third-order valence-electron chi connectivity index (χ3n) is 5.70. The molecule has 5 atom stereocenters. The van der Waals surface area contributed by atoms with Crippen molar-refractivity contribution >= 4 is 17.8 Å². The van der Waals surface area contributed by atoms with Crippen molar-refractivity contribution in [3.05, 3.63) is 71.8 Å². The fourth-order valence-corrected chi connectivity index (χ4v) is 3.83. The molecule has 3 rings (SSSR count). The van der Waals surface area contributed by atoms with Crippen molar-refractivity contribution in [2.24, 2.45) is 0 Å². The fraction of sp³-hybridized carbons (Fsp3) is 0.400. The Morgan fingerprint density at radius 2 is 1.41 bits per heavy atom. The van der Waals surface area contributed by atoms with E-state index in [2.05, 4.69) is 0 Å². The van der Waals surface area contributed by atoms with Crippen LogP contribution in [0.3, 0.4) is 0 Å². The number of ether oxygens (including phenoxy) is 5. The molecule has 0 radical (unpaired) electrons. The molecule has 0 aromatic heterocycles. The second kappa shape index (κ2) is 11.7. The highest BCUT2D eigenvalue weighted by atomic mass is 16.7. The highest BCUT2D eigenvalue weighted by molar-refractivity contribution is 5.90. The van der Waals surface area contributed by atoms with Gasteiger partial charge in [-0.3, -0.25) is 4.79 Å². The van der Waals surface area contributed by atoms with Crippen LogP contribution in [0.5, 0.6) is 0 Å². The molecule has 0 unspecified atom stereocenters. The first kappa shape index (κ1) is 25.4. The number of methoxy groups -OCH3 is 2. The molecule has 0 aliphatic carbocycles. The van der Waals surface area contributed by atoms with E-state index in [-0.39, 0.29) is 12.5 Å². The molecule has 1 amide bonds. The van der Waals surface area contributed by atoms with Crippen LogP contribution in [0, 0.1) is 0 Å². The predicted molar refractivity (Wildman–Crippen MR) is 121 cm³/mol. The van der Waals surface area contributed by atoms with Crippen LogP contribution >= 0.6 is 0 Å². The van der Waals surface area contributed by atoms with Crippen molar-refractivity contribution in [2.75, 3.05) is 27.9 Å². The van der Waals surface area contributed by atoms with Gasteiger partial charge >= 0.3 is 11.9 Å². The number of carbonyl (C=O) groups excluding carboxylic acids is 3. The van der Waals surface area contributed by atoms with Crippen LogP contribution in [0.4, 0.5) is 0 Å². The van der Waals surface area contributed by atoms with Crippen LogP contribution in [0.2, 0.25) is 0 Å². The summed E-state index contributed by atoms with van der Waals surface area (Å²) in [4.78, 5) is 39.0. The molecule has 182 valence electrons. The Balaban J connectivity index is 1.87. The first-order valence-corrected chi connectivity index (χ1v) is 10.8. The van der Waals surface area contributed by atoms with E-state index in [4.69, 9.17) is 23.7 Å². The molecule has 34 heavy (non-hydrogen) atoms. The smallest absolute Gasteiger partial charge is 0.338 e. The normalized spacial score (nSPS) is 24.2. The molecule has 2 aromatic rings. The number of carbonyl (C=O) groups is 3. The Morgan fingerprint density at radius 3 is 1.91 bits per heavy atom. The molecule has 2 aromatic carbocycles. The summed E-state index contributed by atoms with van der Waals surface area (Å²) in [6, 6.07) is 16.2. The van der Waals surface area contributed by atoms with Gasteiger partial charge in [0.25, 0.3) is 0 Å². The van der Waals surface area contributed by atoms with Crippen molar-refractivity contribution in [1.82, 2.24) is 4.90 Å². The number of esters is 2. The Bertz CT molecular complexity index is 967. The number of amides is 1. The maximum absolute atomic E-state index is 12.9. The van der Waals surface area contributed by atoms with Gasteiger partial charge in [-0.05, 0) is 24.3 Å². The summed E-state index contributed by atoms with van der Waals surface area (Å²) >= 11 is 0.